The first-order chi connectivity index (χ1) is 5.49. The predicted molar refractivity (Wildman–Crippen MR) is 51.6 cm³/mol. The van der Waals surface area contributed by atoms with Crippen molar-refractivity contribution in [2.75, 3.05) is 0 Å². The van der Waals surface area contributed by atoms with E-state index in [1.54, 1.807) is 0 Å². The highest BCUT2D eigenvalue weighted by molar-refractivity contribution is 5.76. The lowest BCUT2D eigenvalue weighted by atomic mass is 9.86. The molecule has 2 heteroatoms. The predicted octanol–water partition coefficient (Wildman–Crippen LogP) is 2.18. The fourth-order valence-electron chi connectivity index (χ4n) is 1.29. The normalized spacial score (nSPS) is 18.3. The van der Waals surface area contributed by atoms with Crippen LogP contribution in [0.5, 0.6) is 0 Å². The van der Waals surface area contributed by atoms with Crippen LogP contribution in [0.4, 0.5) is 0 Å². The molecule has 3 atom stereocenters. The van der Waals surface area contributed by atoms with Gasteiger partial charge in [-0.3, -0.25) is 4.79 Å². The van der Waals surface area contributed by atoms with Crippen molar-refractivity contribution in [3.63, 3.8) is 0 Å². The lowest BCUT2D eigenvalue weighted by molar-refractivity contribution is -0.122. The molecular weight excluding hydrogens is 150 g/mol. The molecule has 12 heavy (non-hydrogen) atoms. The highest BCUT2D eigenvalue weighted by Gasteiger charge is 2.18. The lowest BCUT2D eigenvalue weighted by Crippen LogP contribution is -2.27. The number of amides is 1. The molecule has 0 aliphatic heterocycles. The molecule has 0 aliphatic rings. The van der Waals surface area contributed by atoms with Gasteiger partial charge < -0.3 is 5.73 Å². The van der Waals surface area contributed by atoms with Crippen LogP contribution in [0.3, 0.4) is 0 Å². The van der Waals surface area contributed by atoms with Crippen molar-refractivity contribution in [3.05, 3.63) is 0 Å². The van der Waals surface area contributed by atoms with E-state index in [4.69, 9.17) is 5.73 Å². The third-order valence-electron chi connectivity index (χ3n) is 2.77. The largest absolute Gasteiger partial charge is 0.369 e. The number of carbonyl (C=O) groups excluding carboxylic acids is 1. The fraction of sp³-hybridized carbons (Fsp3) is 0.900. The van der Waals surface area contributed by atoms with E-state index < -0.39 is 0 Å². The summed E-state index contributed by atoms with van der Waals surface area (Å²) in [7, 11) is 0. The van der Waals surface area contributed by atoms with E-state index in [9.17, 15) is 4.79 Å². The molecule has 0 aromatic carbocycles. The number of primary amides is 1. The SMILES string of the molecule is CCC(C)CC(C)C(C)C(N)=O. The molecule has 2 nitrogen and oxygen atoms in total. The monoisotopic (exact) mass is 171 g/mol. The molecule has 0 fully saturated rings. The summed E-state index contributed by atoms with van der Waals surface area (Å²) in [4.78, 5) is 10.8. The maximum absolute atomic E-state index is 10.8. The Labute approximate surface area is 75.5 Å². The van der Waals surface area contributed by atoms with E-state index in [1.807, 2.05) is 6.92 Å². The van der Waals surface area contributed by atoms with E-state index in [1.165, 1.54) is 6.42 Å². The number of rotatable bonds is 5. The van der Waals surface area contributed by atoms with Gasteiger partial charge in [0.1, 0.15) is 0 Å². The van der Waals surface area contributed by atoms with Gasteiger partial charge in [-0.25, -0.2) is 0 Å². The summed E-state index contributed by atoms with van der Waals surface area (Å²) < 4.78 is 0. The van der Waals surface area contributed by atoms with Crippen LogP contribution < -0.4 is 5.73 Å². The number of hydrogen-bond donors (Lipinski definition) is 1. The Bertz CT molecular complexity index is 145. The smallest absolute Gasteiger partial charge is 0.220 e. The zero-order valence-corrected chi connectivity index (χ0v) is 8.63. The Hall–Kier alpha value is -0.530. The second-order valence-electron chi connectivity index (χ2n) is 3.92. The first-order valence-corrected chi connectivity index (χ1v) is 4.78. The fourth-order valence-corrected chi connectivity index (χ4v) is 1.29. The minimum Gasteiger partial charge on any atom is -0.369 e. The highest BCUT2D eigenvalue weighted by atomic mass is 16.1. The first-order valence-electron chi connectivity index (χ1n) is 4.78. The molecule has 0 rings (SSSR count). The molecule has 0 heterocycles. The van der Waals surface area contributed by atoms with E-state index in [2.05, 4.69) is 20.8 Å². The van der Waals surface area contributed by atoms with Gasteiger partial charge in [-0.15, -0.1) is 0 Å². The Morgan fingerprint density at radius 2 is 1.83 bits per heavy atom. The number of carbonyl (C=O) groups is 1. The molecule has 1 amide bonds. The average molecular weight is 171 g/mol. The zero-order valence-electron chi connectivity index (χ0n) is 8.63. The second-order valence-corrected chi connectivity index (χ2v) is 3.92. The van der Waals surface area contributed by atoms with Gasteiger partial charge in [-0.05, 0) is 18.3 Å². The third-order valence-corrected chi connectivity index (χ3v) is 2.77. The zero-order chi connectivity index (χ0) is 9.72. The molecule has 0 aliphatic carbocycles. The topological polar surface area (TPSA) is 43.1 Å². The summed E-state index contributed by atoms with van der Waals surface area (Å²) >= 11 is 0. The lowest BCUT2D eigenvalue weighted by Gasteiger charge is -2.19. The Balaban J connectivity index is 3.86. The minimum atomic E-state index is -0.175. The molecule has 72 valence electrons. The van der Waals surface area contributed by atoms with Crippen molar-refractivity contribution >= 4 is 5.91 Å². The van der Waals surface area contributed by atoms with E-state index in [-0.39, 0.29) is 11.8 Å². The number of hydrogen-bond acceptors (Lipinski definition) is 1. The van der Waals surface area contributed by atoms with E-state index >= 15 is 0 Å². The van der Waals surface area contributed by atoms with Gasteiger partial charge in [0.05, 0.1) is 0 Å². The summed E-state index contributed by atoms with van der Waals surface area (Å²) in [5, 5.41) is 0. The van der Waals surface area contributed by atoms with E-state index in [0.717, 1.165) is 6.42 Å². The quantitative estimate of drug-likeness (QED) is 0.677. The second kappa shape index (κ2) is 5.18. The summed E-state index contributed by atoms with van der Waals surface area (Å²) in [5.74, 6) is 0.948. The van der Waals surface area contributed by atoms with Gasteiger partial charge in [0, 0.05) is 5.92 Å². The van der Waals surface area contributed by atoms with Gasteiger partial charge in [-0.2, -0.15) is 0 Å². The van der Waals surface area contributed by atoms with Gasteiger partial charge >= 0.3 is 0 Å². The van der Waals surface area contributed by atoms with Crippen LogP contribution >= 0.6 is 0 Å². The molecule has 2 N–H and O–H groups in total. The van der Waals surface area contributed by atoms with Crippen molar-refractivity contribution in [1.29, 1.82) is 0 Å². The van der Waals surface area contributed by atoms with Crippen molar-refractivity contribution in [2.45, 2.75) is 40.5 Å². The molecule has 0 aromatic heterocycles. The highest BCUT2D eigenvalue weighted by Crippen LogP contribution is 2.21. The van der Waals surface area contributed by atoms with Gasteiger partial charge in [0.25, 0.3) is 0 Å². The van der Waals surface area contributed by atoms with Crippen molar-refractivity contribution in [2.24, 2.45) is 23.5 Å². The van der Waals surface area contributed by atoms with Crippen LogP contribution in [-0.4, -0.2) is 5.91 Å². The van der Waals surface area contributed by atoms with Gasteiger partial charge in [0.2, 0.25) is 5.91 Å². The molecule has 0 bridgehead atoms. The van der Waals surface area contributed by atoms with Crippen LogP contribution in [0.2, 0.25) is 0 Å². The van der Waals surface area contributed by atoms with Crippen molar-refractivity contribution in [1.82, 2.24) is 0 Å². The molecule has 0 saturated carbocycles. The van der Waals surface area contributed by atoms with Gasteiger partial charge in [-0.1, -0.05) is 34.1 Å². The van der Waals surface area contributed by atoms with Crippen LogP contribution in [0.25, 0.3) is 0 Å². The molecule has 0 radical (unpaired) electrons. The minimum absolute atomic E-state index is 0.0130. The first kappa shape index (κ1) is 11.5. The van der Waals surface area contributed by atoms with Crippen molar-refractivity contribution in [3.8, 4) is 0 Å². The molecule has 0 aromatic rings. The van der Waals surface area contributed by atoms with Crippen molar-refractivity contribution < 1.29 is 4.79 Å². The Morgan fingerprint density at radius 3 is 2.17 bits per heavy atom. The summed E-state index contributed by atoms with van der Waals surface area (Å²) in [6, 6.07) is 0. The molecule has 0 spiro atoms. The molecule has 3 unspecified atom stereocenters. The van der Waals surface area contributed by atoms with Crippen LogP contribution in [0.1, 0.15) is 40.5 Å². The van der Waals surface area contributed by atoms with Gasteiger partial charge in [0.15, 0.2) is 0 Å². The van der Waals surface area contributed by atoms with Crippen LogP contribution in [0, 0.1) is 17.8 Å². The van der Waals surface area contributed by atoms with Crippen LogP contribution in [0.15, 0.2) is 0 Å². The summed E-state index contributed by atoms with van der Waals surface area (Å²) in [6.07, 6.45) is 2.27. The summed E-state index contributed by atoms with van der Waals surface area (Å²) in [5.41, 5.74) is 5.22. The number of nitrogens with two attached hydrogens (primary N) is 1. The molecular formula is C10H21NO. The molecule has 0 saturated heterocycles. The van der Waals surface area contributed by atoms with Crippen LogP contribution in [-0.2, 0) is 4.79 Å². The maximum Gasteiger partial charge on any atom is 0.220 e. The average Bonchev–Trinajstić information content (AvgIpc) is 2.02. The maximum atomic E-state index is 10.8. The third kappa shape index (κ3) is 3.74. The Kier molecular flexibility index (Phi) is 4.95. The Morgan fingerprint density at radius 1 is 1.33 bits per heavy atom. The summed E-state index contributed by atoms with van der Waals surface area (Å²) in [6.45, 7) is 8.40. The standard InChI is InChI=1S/C10H21NO/c1-5-7(2)6-8(3)9(4)10(11)12/h7-9H,5-6H2,1-4H3,(H2,11,12). The van der Waals surface area contributed by atoms with E-state index in [0.29, 0.717) is 11.8 Å².